The number of nitrogens with zero attached hydrogens (tertiary/aromatic N) is 2. The molecule has 0 unspecified atom stereocenters. The average Bonchev–Trinajstić information content (AvgIpc) is 3.09. The first-order chi connectivity index (χ1) is 15.5. The molecule has 1 amide bonds. The molecular formula is C23H24F4N2O3S. The number of hydrogen-bond donors (Lipinski definition) is 0. The van der Waals surface area contributed by atoms with Crippen molar-refractivity contribution in [3.8, 4) is 0 Å². The Morgan fingerprint density at radius 1 is 0.970 bits per heavy atom. The Labute approximate surface area is 190 Å². The number of carbonyl (C=O) groups excluding carboxylic acids is 1. The Hall–Kier alpha value is -2.46. The lowest BCUT2D eigenvalue weighted by molar-refractivity contribution is -0.140. The van der Waals surface area contributed by atoms with E-state index in [-0.39, 0.29) is 37.9 Å². The van der Waals surface area contributed by atoms with Gasteiger partial charge in [0.15, 0.2) is 0 Å². The van der Waals surface area contributed by atoms with Crippen molar-refractivity contribution in [3.05, 3.63) is 59.4 Å². The van der Waals surface area contributed by atoms with Crippen LogP contribution in [-0.2, 0) is 27.4 Å². The van der Waals surface area contributed by atoms with E-state index in [9.17, 15) is 30.8 Å². The van der Waals surface area contributed by atoms with Gasteiger partial charge in [0, 0.05) is 25.3 Å². The van der Waals surface area contributed by atoms with E-state index >= 15 is 0 Å². The quantitative estimate of drug-likeness (QED) is 0.596. The highest BCUT2D eigenvalue weighted by atomic mass is 32.2. The molecule has 2 aromatic carbocycles. The van der Waals surface area contributed by atoms with Gasteiger partial charge in [0.1, 0.15) is 5.82 Å². The van der Waals surface area contributed by atoms with Gasteiger partial charge in [-0.05, 0) is 61.6 Å². The van der Waals surface area contributed by atoms with Crippen LogP contribution in [0.2, 0.25) is 0 Å². The zero-order valence-electron chi connectivity index (χ0n) is 18.0. The first kappa shape index (κ1) is 23.7. The van der Waals surface area contributed by atoms with E-state index in [2.05, 4.69) is 0 Å². The Morgan fingerprint density at radius 2 is 1.58 bits per heavy atom. The highest BCUT2D eigenvalue weighted by molar-refractivity contribution is 7.89. The van der Waals surface area contributed by atoms with Crippen molar-refractivity contribution >= 4 is 21.6 Å². The molecule has 1 spiro atoms. The highest BCUT2D eigenvalue weighted by Gasteiger charge is 2.50. The van der Waals surface area contributed by atoms with Gasteiger partial charge in [-0.3, -0.25) is 4.79 Å². The molecule has 2 aromatic rings. The SMILES string of the molecule is CCc1ccc(N2CCC3(CCN(S(=O)(=O)c4ccc(F)cc4C(F)(F)F)CC3)C2=O)cc1. The fraction of sp³-hybridized carbons (Fsp3) is 0.435. The van der Waals surface area contributed by atoms with Crippen molar-refractivity contribution in [2.24, 2.45) is 5.41 Å². The minimum absolute atomic E-state index is 0.0780. The van der Waals surface area contributed by atoms with Crippen molar-refractivity contribution in [2.75, 3.05) is 24.5 Å². The standard InChI is InChI=1S/C23H24F4N2O3S/c1-2-16-3-6-18(7-4-16)29-14-11-22(21(29)30)9-12-28(13-10-22)33(31,32)20-8-5-17(24)15-19(20)23(25,26)27/h3-8,15H,2,9-14H2,1H3. The molecule has 178 valence electrons. The number of amides is 1. The Balaban J connectivity index is 1.53. The third kappa shape index (κ3) is 4.26. The summed E-state index contributed by atoms with van der Waals surface area (Å²) in [4.78, 5) is 14.0. The van der Waals surface area contributed by atoms with Gasteiger partial charge in [0.2, 0.25) is 15.9 Å². The summed E-state index contributed by atoms with van der Waals surface area (Å²) in [7, 11) is -4.51. The molecule has 4 rings (SSSR count). The summed E-state index contributed by atoms with van der Waals surface area (Å²) in [5.41, 5.74) is -0.324. The summed E-state index contributed by atoms with van der Waals surface area (Å²) < 4.78 is 80.5. The minimum Gasteiger partial charge on any atom is -0.312 e. The van der Waals surface area contributed by atoms with Gasteiger partial charge in [-0.15, -0.1) is 0 Å². The molecule has 0 saturated carbocycles. The maximum Gasteiger partial charge on any atom is 0.417 e. The van der Waals surface area contributed by atoms with E-state index in [1.807, 2.05) is 31.2 Å². The molecule has 5 nitrogen and oxygen atoms in total. The number of sulfonamides is 1. The van der Waals surface area contributed by atoms with Crippen LogP contribution in [0.5, 0.6) is 0 Å². The van der Waals surface area contributed by atoms with Gasteiger partial charge in [-0.25, -0.2) is 12.8 Å². The second kappa shape index (κ2) is 8.39. The molecule has 2 saturated heterocycles. The van der Waals surface area contributed by atoms with Crippen molar-refractivity contribution in [1.82, 2.24) is 4.31 Å². The maximum atomic E-state index is 13.4. The van der Waals surface area contributed by atoms with Gasteiger partial charge in [0.05, 0.1) is 15.9 Å². The molecule has 0 aromatic heterocycles. The summed E-state index contributed by atoms with van der Waals surface area (Å²) in [5.74, 6) is -1.25. The van der Waals surface area contributed by atoms with E-state index in [1.165, 1.54) is 0 Å². The fourth-order valence-electron chi connectivity index (χ4n) is 4.68. The number of carbonyl (C=O) groups is 1. The molecule has 0 atom stereocenters. The summed E-state index contributed by atoms with van der Waals surface area (Å²) >= 11 is 0. The molecule has 2 fully saturated rings. The molecule has 2 aliphatic rings. The zero-order chi connectivity index (χ0) is 24.0. The summed E-state index contributed by atoms with van der Waals surface area (Å²) in [5, 5.41) is 0. The van der Waals surface area contributed by atoms with Crippen molar-refractivity contribution in [1.29, 1.82) is 0 Å². The molecule has 10 heteroatoms. The number of halogens is 4. The Morgan fingerprint density at radius 3 is 2.15 bits per heavy atom. The number of aryl methyl sites for hydroxylation is 1. The Kier molecular flexibility index (Phi) is 6.03. The fourth-order valence-corrected chi connectivity index (χ4v) is 6.32. The topological polar surface area (TPSA) is 57.7 Å². The summed E-state index contributed by atoms with van der Waals surface area (Å²) in [6.07, 6.45) is -3.14. The number of piperidine rings is 1. The predicted molar refractivity (Wildman–Crippen MR) is 115 cm³/mol. The minimum atomic E-state index is -5.02. The first-order valence-electron chi connectivity index (χ1n) is 10.8. The van der Waals surface area contributed by atoms with Crippen LogP contribution >= 0.6 is 0 Å². The van der Waals surface area contributed by atoms with Crippen molar-refractivity contribution in [2.45, 2.75) is 43.7 Å². The van der Waals surface area contributed by atoms with Gasteiger partial charge in [-0.1, -0.05) is 19.1 Å². The van der Waals surface area contributed by atoms with Crippen molar-refractivity contribution in [3.63, 3.8) is 0 Å². The van der Waals surface area contributed by atoms with Gasteiger partial charge >= 0.3 is 6.18 Å². The number of rotatable bonds is 4. The molecule has 0 N–H and O–H groups in total. The predicted octanol–water partition coefficient (Wildman–Crippen LogP) is 4.61. The van der Waals surface area contributed by atoms with Crippen LogP contribution < -0.4 is 4.90 Å². The highest BCUT2D eigenvalue weighted by Crippen LogP contribution is 2.44. The van der Waals surface area contributed by atoms with E-state index in [1.54, 1.807) is 4.90 Å². The van der Waals surface area contributed by atoms with Crippen LogP contribution in [0, 0.1) is 11.2 Å². The number of alkyl halides is 3. The lowest BCUT2D eigenvalue weighted by Crippen LogP contribution is -2.46. The smallest absolute Gasteiger partial charge is 0.312 e. The molecule has 0 bridgehead atoms. The van der Waals surface area contributed by atoms with Gasteiger partial charge < -0.3 is 4.90 Å². The van der Waals surface area contributed by atoms with Crippen LogP contribution in [0.15, 0.2) is 47.4 Å². The van der Waals surface area contributed by atoms with E-state index in [0.717, 1.165) is 22.0 Å². The summed E-state index contributed by atoms with van der Waals surface area (Å²) in [6.45, 7) is 2.39. The maximum absolute atomic E-state index is 13.4. The number of anilines is 1. The number of benzene rings is 2. The first-order valence-corrected chi connectivity index (χ1v) is 12.2. The lowest BCUT2D eigenvalue weighted by atomic mass is 9.77. The molecule has 0 radical (unpaired) electrons. The van der Waals surface area contributed by atoms with Crippen LogP contribution in [0.4, 0.5) is 23.2 Å². The average molecular weight is 485 g/mol. The van der Waals surface area contributed by atoms with Crippen LogP contribution in [0.25, 0.3) is 0 Å². The molecule has 0 aliphatic carbocycles. The summed E-state index contributed by atoms with van der Waals surface area (Å²) in [6, 6.07) is 9.26. The van der Waals surface area contributed by atoms with Crippen LogP contribution in [0.1, 0.15) is 37.3 Å². The Bertz CT molecular complexity index is 1160. The van der Waals surface area contributed by atoms with E-state index < -0.39 is 37.9 Å². The molecule has 33 heavy (non-hydrogen) atoms. The largest absolute Gasteiger partial charge is 0.417 e. The van der Waals surface area contributed by atoms with Crippen molar-refractivity contribution < 1.29 is 30.8 Å². The van der Waals surface area contributed by atoms with E-state index in [4.69, 9.17) is 0 Å². The third-order valence-electron chi connectivity index (χ3n) is 6.71. The second-order valence-electron chi connectivity index (χ2n) is 8.55. The molecule has 2 aliphatic heterocycles. The lowest BCUT2D eigenvalue weighted by Gasteiger charge is -2.37. The van der Waals surface area contributed by atoms with Crippen LogP contribution in [0.3, 0.4) is 0 Å². The van der Waals surface area contributed by atoms with Gasteiger partial charge in [-0.2, -0.15) is 17.5 Å². The van der Waals surface area contributed by atoms with Gasteiger partial charge in [0.25, 0.3) is 0 Å². The molecular weight excluding hydrogens is 460 g/mol. The third-order valence-corrected chi connectivity index (χ3v) is 8.67. The second-order valence-corrected chi connectivity index (χ2v) is 10.5. The zero-order valence-corrected chi connectivity index (χ0v) is 18.8. The van der Waals surface area contributed by atoms with E-state index in [0.29, 0.717) is 25.1 Å². The molecule has 2 heterocycles. The monoisotopic (exact) mass is 484 g/mol. The normalized spacial score (nSPS) is 19.4. The number of hydrogen-bond acceptors (Lipinski definition) is 3. The van der Waals surface area contributed by atoms with Crippen LogP contribution in [-0.4, -0.2) is 38.3 Å².